The average molecular weight is 293 g/mol. The van der Waals surface area contributed by atoms with Gasteiger partial charge in [-0.2, -0.15) is 0 Å². The molecule has 0 heterocycles. The summed E-state index contributed by atoms with van der Waals surface area (Å²) in [5.41, 5.74) is 2.13. The number of rotatable bonds is 7. The van der Waals surface area contributed by atoms with Crippen LogP contribution >= 0.6 is 0 Å². The number of ether oxygens (including phenoxy) is 2. The molecule has 0 aliphatic rings. The Morgan fingerprint density at radius 1 is 1.29 bits per heavy atom. The van der Waals surface area contributed by atoms with Gasteiger partial charge in [0.25, 0.3) is 5.91 Å². The largest absolute Gasteiger partial charge is 0.483 e. The number of aryl methyl sites for hydroxylation is 1. The number of hydrogen-bond acceptors (Lipinski definition) is 4. The highest BCUT2D eigenvalue weighted by Gasteiger charge is 2.11. The van der Waals surface area contributed by atoms with Crippen molar-refractivity contribution in [3.05, 3.63) is 29.3 Å². The van der Waals surface area contributed by atoms with Crippen molar-refractivity contribution in [2.75, 3.05) is 19.8 Å². The van der Waals surface area contributed by atoms with E-state index < -0.39 is 5.97 Å². The fraction of sp³-hybridized carbons (Fsp3) is 0.500. The van der Waals surface area contributed by atoms with Gasteiger partial charge in [0, 0.05) is 0 Å². The van der Waals surface area contributed by atoms with Gasteiger partial charge in [-0.25, -0.2) is 0 Å². The molecule has 0 radical (unpaired) electrons. The maximum Gasteiger partial charge on any atom is 0.325 e. The quantitative estimate of drug-likeness (QED) is 0.783. The standard InChI is InChI=1S/C16H23NO4/c1-5-20-16(19)9-17-15(18)10-21-14-8-12(4)6-7-13(14)11(2)3/h6-8,11H,5,9-10H2,1-4H3,(H,17,18). The number of hydrogen-bond donors (Lipinski definition) is 1. The van der Waals surface area contributed by atoms with Crippen LogP contribution in [0.3, 0.4) is 0 Å². The zero-order chi connectivity index (χ0) is 15.8. The lowest BCUT2D eigenvalue weighted by molar-refractivity contribution is -0.143. The summed E-state index contributed by atoms with van der Waals surface area (Å²) < 4.78 is 10.3. The molecule has 1 rings (SSSR count). The molecule has 0 aliphatic heterocycles. The third-order valence-corrected chi connectivity index (χ3v) is 2.89. The normalized spacial score (nSPS) is 10.3. The van der Waals surface area contributed by atoms with Crippen LogP contribution in [-0.2, 0) is 14.3 Å². The zero-order valence-corrected chi connectivity index (χ0v) is 13.1. The lowest BCUT2D eigenvalue weighted by Crippen LogP contribution is -2.34. The van der Waals surface area contributed by atoms with E-state index in [4.69, 9.17) is 9.47 Å². The number of carbonyl (C=O) groups is 2. The summed E-state index contributed by atoms with van der Waals surface area (Å²) in [6, 6.07) is 5.93. The van der Waals surface area contributed by atoms with Gasteiger partial charge in [-0.3, -0.25) is 9.59 Å². The van der Waals surface area contributed by atoms with Gasteiger partial charge in [0.2, 0.25) is 0 Å². The van der Waals surface area contributed by atoms with Crippen molar-refractivity contribution >= 4 is 11.9 Å². The highest BCUT2D eigenvalue weighted by atomic mass is 16.5. The van der Waals surface area contributed by atoms with Gasteiger partial charge in [0.1, 0.15) is 12.3 Å². The maximum atomic E-state index is 11.6. The lowest BCUT2D eigenvalue weighted by Gasteiger charge is -2.14. The van der Waals surface area contributed by atoms with Crippen molar-refractivity contribution in [1.29, 1.82) is 0 Å². The number of nitrogens with one attached hydrogen (secondary N) is 1. The molecule has 1 aromatic rings. The van der Waals surface area contributed by atoms with E-state index in [-0.39, 0.29) is 19.1 Å². The Bertz CT molecular complexity index is 497. The van der Waals surface area contributed by atoms with Crippen molar-refractivity contribution in [2.24, 2.45) is 0 Å². The predicted molar refractivity (Wildman–Crippen MR) is 80.4 cm³/mol. The van der Waals surface area contributed by atoms with E-state index in [0.29, 0.717) is 18.3 Å². The van der Waals surface area contributed by atoms with Crippen molar-refractivity contribution in [2.45, 2.75) is 33.6 Å². The van der Waals surface area contributed by atoms with Gasteiger partial charge >= 0.3 is 5.97 Å². The summed E-state index contributed by atoms with van der Waals surface area (Å²) >= 11 is 0. The van der Waals surface area contributed by atoms with Crippen molar-refractivity contribution in [3.63, 3.8) is 0 Å². The molecule has 5 nitrogen and oxygen atoms in total. The Balaban J connectivity index is 2.53. The Hall–Kier alpha value is -2.04. The summed E-state index contributed by atoms with van der Waals surface area (Å²) in [6.45, 7) is 7.86. The summed E-state index contributed by atoms with van der Waals surface area (Å²) in [5, 5.41) is 2.46. The Kier molecular flexibility index (Phi) is 6.72. The molecule has 0 bridgehead atoms. The van der Waals surface area contributed by atoms with Gasteiger partial charge in [0.05, 0.1) is 6.61 Å². The molecule has 0 saturated heterocycles. The Labute approximate surface area is 125 Å². The van der Waals surface area contributed by atoms with Crippen LogP contribution in [0.25, 0.3) is 0 Å². The molecule has 0 spiro atoms. The van der Waals surface area contributed by atoms with Crippen LogP contribution in [0.4, 0.5) is 0 Å². The Morgan fingerprint density at radius 2 is 2.00 bits per heavy atom. The minimum atomic E-state index is -0.454. The smallest absolute Gasteiger partial charge is 0.325 e. The molecule has 0 aliphatic carbocycles. The van der Waals surface area contributed by atoms with E-state index in [9.17, 15) is 9.59 Å². The maximum absolute atomic E-state index is 11.6. The molecule has 0 saturated carbocycles. The summed E-state index contributed by atoms with van der Waals surface area (Å²) in [7, 11) is 0. The molecule has 1 aromatic carbocycles. The number of carbonyl (C=O) groups excluding carboxylic acids is 2. The molecule has 116 valence electrons. The first-order valence-electron chi connectivity index (χ1n) is 7.09. The molecule has 0 unspecified atom stereocenters. The van der Waals surface area contributed by atoms with E-state index in [1.807, 2.05) is 25.1 Å². The Morgan fingerprint density at radius 3 is 2.62 bits per heavy atom. The minimum absolute atomic E-state index is 0.122. The second-order valence-corrected chi connectivity index (χ2v) is 5.07. The van der Waals surface area contributed by atoms with Gasteiger partial charge in [-0.1, -0.05) is 26.0 Å². The van der Waals surface area contributed by atoms with Gasteiger partial charge in [0.15, 0.2) is 6.61 Å². The van der Waals surface area contributed by atoms with Crippen LogP contribution in [-0.4, -0.2) is 31.6 Å². The van der Waals surface area contributed by atoms with Crippen LogP contribution in [0.15, 0.2) is 18.2 Å². The second kappa shape index (κ2) is 8.29. The number of esters is 1. The van der Waals surface area contributed by atoms with Gasteiger partial charge in [-0.15, -0.1) is 0 Å². The van der Waals surface area contributed by atoms with E-state index in [1.54, 1.807) is 6.92 Å². The molecule has 1 amide bonds. The fourth-order valence-electron chi connectivity index (χ4n) is 1.82. The third kappa shape index (κ3) is 5.85. The third-order valence-electron chi connectivity index (χ3n) is 2.89. The molecule has 0 aromatic heterocycles. The number of amides is 1. The number of benzene rings is 1. The van der Waals surface area contributed by atoms with E-state index in [0.717, 1.165) is 11.1 Å². The van der Waals surface area contributed by atoms with E-state index >= 15 is 0 Å². The monoisotopic (exact) mass is 293 g/mol. The van der Waals surface area contributed by atoms with Crippen molar-refractivity contribution in [1.82, 2.24) is 5.32 Å². The predicted octanol–water partition coefficient (Wildman–Crippen LogP) is 2.18. The molecule has 0 fully saturated rings. The highest BCUT2D eigenvalue weighted by molar-refractivity contribution is 5.82. The van der Waals surface area contributed by atoms with E-state index in [2.05, 4.69) is 19.2 Å². The SMILES string of the molecule is CCOC(=O)CNC(=O)COc1cc(C)ccc1C(C)C. The van der Waals surface area contributed by atoms with Crippen LogP contribution in [0, 0.1) is 6.92 Å². The van der Waals surface area contributed by atoms with Crippen molar-refractivity contribution in [3.8, 4) is 5.75 Å². The first-order chi connectivity index (χ1) is 9.93. The molecule has 1 N–H and O–H groups in total. The van der Waals surface area contributed by atoms with Crippen LogP contribution < -0.4 is 10.1 Å². The highest BCUT2D eigenvalue weighted by Crippen LogP contribution is 2.27. The van der Waals surface area contributed by atoms with Crippen molar-refractivity contribution < 1.29 is 19.1 Å². The summed E-state index contributed by atoms with van der Waals surface area (Å²) in [4.78, 5) is 22.8. The molecular weight excluding hydrogens is 270 g/mol. The lowest BCUT2D eigenvalue weighted by atomic mass is 10.0. The first-order valence-corrected chi connectivity index (χ1v) is 7.09. The molecular formula is C16H23NO4. The summed E-state index contributed by atoms with van der Waals surface area (Å²) in [6.07, 6.45) is 0. The minimum Gasteiger partial charge on any atom is -0.483 e. The van der Waals surface area contributed by atoms with Gasteiger partial charge < -0.3 is 14.8 Å². The molecule has 0 atom stereocenters. The van der Waals surface area contributed by atoms with E-state index in [1.165, 1.54) is 0 Å². The first kappa shape index (κ1) is 17.0. The van der Waals surface area contributed by atoms with Crippen LogP contribution in [0.2, 0.25) is 0 Å². The van der Waals surface area contributed by atoms with Crippen LogP contribution in [0.1, 0.15) is 37.8 Å². The summed E-state index contributed by atoms with van der Waals surface area (Å²) in [5.74, 6) is 0.211. The second-order valence-electron chi connectivity index (χ2n) is 5.07. The topological polar surface area (TPSA) is 64.6 Å². The van der Waals surface area contributed by atoms with Gasteiger partial charge in [-0.05, 0) is 37.0 Å². The molecule has 5 heteroatoms. The van der Waals surface area contributed by atoms with Crippen LogP contribution in [0.5, 0.6) is 5.75 Å². The fourth-order valence-corrected chi connectivity index (χ4v) is 1.82. The molecule has 21 heavy (non-hydrogen) atoms. The average Bonchev–Trinajstić information content (AvgIpc) is 2.43. The zero-order valence-electron chi connectivity index (χ0n) is 13.1.